The molecule has 2 aromatic heterocycles. The summed E-state index contributed by atoms with van der Waals surface area (Å²) in [5, 5.41) is 4.53. The third kappa shape index (κ3) is 3.55. The topological polar surface area (TPSA) is 67.2 Å². The highest BCUT2D eigenvalue weighted by Gasteiger charge is 2.30. The highest BCUT2D eigenvalue weighted by atomic mass is 16.2. The lowest BCUT2D eigenvalue weighted by Crippen LogP contribution is -2.43. The summed E-state index contributed by atoms with van der Waals surface area (Å²) in [6.07, 6.45) is 7.01. The second kappa shape index (κ2) is 6.98. The zero-order valence-corrected chi connectivity index (χ0v) is 14.5. The molecule has 0 saturated carbocycles. The third-order valence-corrected chi connectivity index (χ3v) is 4.50. The molecule has 3 heterocycles. The Hall–Kier alpha value is -2.44. The van der Waals surface area contributed by atoms with Crippen LogP contribution in [-0.2, 0) is 11.3 Å². The lowest BCUT2D eigenvalue weighted by atomic mass is 10.2. The quantitative estimate of drug-likeness (QED) is 0.830. The molecule has 0 N–H and O–H groups in total. The fourth-order valence-corrected chi connectivity index (χ4v) is 3.28. The van der Waals surface area contributed by atoms with E-state index in [1.54, 1.807) is 18.6 Å². The van der Waals surface area contributed by atoms with Crippen LogP contribution < -0.4 is 4.90 Å². The van der Waals surface area contributed by atoms with E-state index < -0.39 is 0 Å². The Kier molecular flexibility index (Phi) is 4.78. The van der Waals surface area contributed by atoms with Crippen molar-refractivity contribution in [3.8, 4) is 0 Å². The van der Waals surface area contributed by atoms with Crippen molar-refractivity contribution in [2.24, 2.45) is 0 Å². The maximum atomic E-state index is 12.7. The summed E-state index contributed by atoms with van der Waals surface area (Å²) in [6.45, 7) is 5.95. The minimum atomic E-state index is 0.132. The van der Waals surface area contributed by atoms with E-state index in [1.165, 1.54) is 0 Å². The van der Waals surface area contributed by atoms with Crippen LogP contribution >= 0.6 is 0 Å². The second-order valence-electron chi connectivity index (χ2n) is 6.41. The van der Waals surface area contributed by atoms with E-state index in [0.29, 0.717) is 12.4 Å². The van der Waals surface area contributed by atoms with Crippen molar-refractivity contribution in [2.75, 3.05) is 25.0 Å². The molecule has 0 spiro atoms. The van der Waals surface area contributed by atoms with Crippen molar-refractivity contribution in [2.45, 2.75) is 39.3 Å². The molecule has 0 unspecified atom stereocenters. The van der Waals surface area contributed by atoms with Gasteiger partial charge in [0.2, 0.25) is 5.91 Å². The number of rotatable bonds is 5. The number of aromatic nitrogens is 4. The Balaban J connectivity index is 1.64. The molecule has 1 fully saturated rings. The monoisotopic (exact) mass is 328 g/mol. The van der Waals surface area contributed by atoms with Crippen LogP contribution in [0.2, 0.25) is 0 Å². The molecule has 1 aliphatic rings. The molecule has 0 aromatic carbocycles. The van der Waals surface area contributed by atoms with Crippen LogP contribution in [0.3, 0.4) is 0 Å². The SMILES string of the molecule is Cc1cc(C)n(C[C@@H]2CCCN2C(=O)CN(C)c2cnccn2)n1. The number of carbonyl (C=O) groups is 1. The first-order valence-corrected chi connectivity index (χ1v) is 8.32. The molecule has 128 valence electrons. The van der Waals surface area contributed by atoms with Crippen LogP contribution in [0, 0.1) is 13.8 Å². The van der Waals surface area contributed by atoms with E-state index in [-0.39, 0.29) is 11.9 Å². The Labute approximate surface area is 142 Å². The molecule has 1 aliphatic heterocycles. The summed E-state index contributed by atoms with van der Waals surface area (Å²) in [6, 6.07) is 2.29. The number of hydrogen-bond donors (Lipinski definition) is 0. The maximum Gasteiger partial charge on any atom is 0.242 e. The van der Waals surface area contributed by atoms with Crippen LogP contribution in [0.15, 0.2) is 24.7 Å². The fraction of sp³-hybridized carbons (Fsp3) is 0.529. The predicted molar refractivity (Wildman–Crippen MR) is 91.7 cm³/mol. The van der Waals surface area contributed by atoms with E-state index in [2.05, 4.69) is 28.1 Å². The predicted octanol–water partition coefficient (Wildman–Crippen LogP) is 1.42. The fourth-order valence-electron chi connectivity index (χ4n) is 3.28. The first-order valence-electron chi connectivity index (χ1n) is 8.32. The van der Waals surface area contributed by atoms with Gasteiger partial charge in [-0.1, -0.05) is 0 Å². The van der Waals surface area contributed by atoms with Gasteiger partial charge in [0.25, 0.3) is 0 Å². The molecule has 3 rings (SSSR count). The number of nitrogens with zero attached hydrogens (tertiary/aromatic N) is 6. The first kappa shape index (κ1) is 16.4. The van der Waals surface area contributed by atoms with Gasteiger partial charge in [0, 0.05) is 31.7 Å². The lowest BCUT2D eigenvalue weighted by molar-refractivity contribution is -0.130. The summed E-state index contributed by atoms with van der Waals surface area (Å²) < 4.78 is 2.01. The minimum absolute atomic E-state index is 0.132. The molecule has 2 aromatic rings. The van der Waals surface area contributed by atoms with Crippen molar-refractivity contribution in [3.05, 3.63) is 36.0 Å². The van der Waals surface area contributed by atoms with Crippen LogP contribution in [0.1, 0.15) is 24.2 Å². The number of aryl methyl sites for hydroxylation is 2. The minimum Gasteiger partial charge on any atom is -0.349 e. The first-order chi connectivity index (χ1) is 11.5. The molecule has 7 nitrogen and oxygen atoms in total. The van der Waals surface area contributed by atoms with Gasteiger partial charge < -0.3 is 9.80 Å². The van der Waals surface area contributed by atoms with Crippen molar-refractivity contribution in [1.29, 1.82) is 0 Å². The van der Waals surface area contributed by atoms with Crippen molar-refractivity contribution in [1.82, 2.24) is 24.6 Å². The molecule has 0 radical (unpaired) electrons. The van der Waals surface area contributed by atoms with Crippen molar-refractivity contribution < 1.29 is 4.79 Å². The smallest absolute Gasteiger partial charge is 0.242 e. The summed E-state index contributed by atoms with van der Waals surface area (Å²) in [5.74, 6) is 0.840. The van der Waals surface area contributed by atoms with Crippen molar-refractivity contribution >= 4 is 11.7 Å². The van der Waals surface area contributed by atoms with Gasteiger partial charge in [0.15, 0.2) is 0 Å². The Morgan fingerprint density at radius 3 is 2.88 bits per heavy atom. The molecule has 1 amide bonds. The highest BCUT2D eigenvalue weighted by molar-refractivity contribution is 5.81. The number of carbonyl (C=O) groups excluding carboxylic acids is 1. The van der Waals surface area contributed by atoms with Gasteiger partial charge in [-0.15, -0.1) is 0 Å². The Bertz CT molecular complexity index is 698. The van der Waals surface area contributed by atoms with Crippen molar-refractivity contribution in [3.63, 3.8) is 0 Å². The van der Waals surface area contributed by atoms with Gasteiger partial charge in [-0.05, 0) is 32.8 Å². The molecular formula is C17H24N6O. The zero-order valence-electron chi connectivity index (χ0n) is 14.5. The average Bonchev–Trinajstić information content (AvgIpc) is 3.15. The Morgan fingerprint density at radius 1 is 1.38 bits per heavy atom. The van der Waals surface area contributed by atoms with Crippen LogP contribution in [-0.4, -0.2) is 56.7 Å². The van der Waals surface area contributed by atoms with Crippen LogP contribution in [0.25, 0.3) is 0 Å². The summed E-state index contributed by atoms with van der Waals surface area (Å²) >= 11 is 0. The van der Waals surface area contributed by atoms with E-state index in [4.69, 9.17) is 0 Å². The summed E-state index contributed by atoms with van der Waals surface area (Å²) in [7, 11) is 1.87. The number of anilines is 1. The van der Waals surface area contributed by atoms with Gasteiger partial charge in [0.1, 0.15) is 5.82 Å². The second-order valence-corrected chi connectivity index (χ2v) is 6.41. The van der Waals surface area contributed by atoms with Crippen LogP contribution in [0.4, 0.5) is 5.82 Å². The lowest BCUT2D eigenvalue weighted by Gasteiger charge is -2.27. The number of amides is 1. The maximum absolute atomic E-state index is 12.7. The largest absolute Gasteiger partial charge is 0.349 e. The average molecular weight is 328 g/mol. The number of likely N-dealkylation sites (N-methyl/N-ethyl adjacent to an activating group) is 1. The van der Waals surface area contributed by atoms with Gasteiger partial charge in [0.05, 0.1) is 31.0 Å². The van der Waals surface area contributed by atoms with Gasteiger partial charge >= 0.3 is 0 Å². The third-order valence-electron chi connectivity index (χ3n) is 4.50. The standard InChI is InChI=1S/C17H24N6O/c1-13-9-14(2)23(20-13)11-15-5-4-8-22(15)17(24)12-21(3)16-10-18-6-7-19-16/h6-7,9-10,15H,4-5,8,11-12H2,1-3H3/t15-/m0/s1. The molecule has 0 bridgehead atoms. The summed E-state index contributed by atoms with van der Waals surface area (Å²) in [5.41, 5.74) is 2.16. The molecular weight excluding hydrogens is 304 g/mol. The Morgan fingerprint density at radius 2 is 2.21 bits per heavy atom. The molecule has 1 saturated heterocycles. The number of hydrogen-bond acceptors (Lipinski definition) is 5. The molecule has 24 heavy (non-hydrogen) atoms. The van der Waals surface area contributed by atoms with Gasteiger partial charge in [-0.2, -0.15) is 5.10 Å². The van der Waals surface area contributed by atoms with E-state index in [9.17, 15) is 4.79 Å². The van der Waals surface area contributed by atoms with E-state index in [1.807, 2.05) is 28.5 Å². The molecule has 1 atom stereocenters. The zero-order chi connectivity index (χ0) is 17.1. The summed E-state index contributed by atoms with van der Waals surface area (Å²) in [4.78, 5) is 24.8. The highest BCUT2D eigenvalue weighted by Crippen LogP contribution is 2.20. The van der Waals surface area contributed by atoms with E-state index >= 15 is 0 Å². The number of likely N-dealkylation sites (tertiary alicyclic amines) is 1. The molecule has 7 heteroatoms. The van der Waals surface area contributed by atoms with Crippen LogP contribution in [0.5, 0.6) is 0 Å². The molecule has 0 aliphatic carbocycles. The van der Waals surface area contributed by atoms with Gasteiger partial charge in [-0.3, -0.25) is 14.5 Å². The normalized spacial score (nSPS) is 17.3. The van der Waals surface area contributed by atoms with Gasteiger partial charge in [-0.25, -0.2) is 4.98 Å². The van der Waals surface area contributed by atoms with E-state index in [0.717, 1.165) is 37.3 Å².